The van der Waals surface area contributed by atoms with Gasteiger partial charge in [0.2, 0.25) is 0 Å². The Morgan fingerprint density at radius 2 is 2.03 bits per heavy atom. The van der Waals surface area contributed by atoms with E-state index in [0.717, 1.165) is 62.9 Å². The number of aliphatic hydroxyl groups is 1. The van der Waals surface area contributed by atoms with Gasteiger partial charge in [0.15, 0.2) is 0 Å². The molecule has 1 amide bonds. The summed E-state index contributed by atoms with van der Waals surface area (Å²) in [6.45, 7) is 5.11. The Morgan fingerprint density at radius 1 is 1.12 bits per heavy atom. The zero-order valence-corrected chi connectivity index (χ0v) is 19.3. The van der Waals surface area contributed by atoms with Crippen LogP contribution in [0.4, 0.5) is 10.1 Å². The van der Waals surface area contributed by atoms with Crippen molar-refractivity contribution in [3.63, 3.8) is 0 Å². The van der Waals surface area contributed by atoms with E-state index in [-0.39, 0.29) is 24.9 Å². The van der Waals surface area contributed by atoms with Crippen LogP contribution < -0.4 is 10.2 Å². The van der Waals surface area contributed by atoms with Gasteiger partial charge in [-0.25, -0.2) is 4.39 Å². The Labute approximate surface area is 199 Å². The molecular weight excluding hydrogens is 431 g/mol. The maximum absolute atomic E-state index is 13.5. The number of aryl methyl sites for hydroxylation is 1. The van der Waals surface area contributed by atoms with Gasteiger partial charge < -0.3 is 20.3 Å². The average molecular weight is 463 g/mol. The first-order chi connectivity index (χ1) is 16.6. The molecule has 0 saturated carbocycles. The molecule has 6 nitrogen and oxygen atoms in total. The minimum atomic E-state index is -0.217. The number of benzene rings is 2. The third-order valence-electron chi connectivity index (χ3n) is 6.92. The summed E-state index contributed by atoms with van der Waals surface area (Å²) in [7, 11) is 0. The monoisotopic (exact) mass is 462 g/mol. The second-order valence-corrected chi connectivity index (χ2v) is 9.09. The van der Waals surface area contributed by atoms with Crippen LogP contribution in [-0.4, -0.2) is 66.8 Å². The van der Waals surface area contributed by atoms with E-state index >= 15 is 0 Å². The Hall–Kier alpha value is -3.16. The molecule has 34 heavy (non-hydrogen) atoms. The lowest BCUT2D eigenvalue weighted by Crippen LogP contribution is -2.39. The molecule has 3 N–H and O–H groups in total. The first kappa shape index (κ1) is 22.6. The summed E-state index contributed by atoms with van der Waals surface area (Å²) in [5.74, 6) is -0.351. The van der Waals surface area contributed by atoms with Gasteiger partial charge in [-0.1, -0.05) is 6.08 Å². The molecule has 0 unspecified atom stereocenters. The number of nitrogens with zero attached hydrogens (tertiary/aromatic N) is 2. The van der Waals surface area contributed by atoms with Gasteiger partial charge in [0.25, 0.3) is 5.91 Å². The van der Waals surface area contributed by atoms with E-state index in [1.807, 2.05) is 24.4 Å². The third-order valence-corrected chi connectivity index (χ3v) is 6.92. The Kier molecular flexibility index (Phi) is 6.65. The van der Waals surface area contributed by atoms with Crippen molar-refractivity contribution in [1.29, 1.82) is 0 Å². The maximum Gasteiger partial charge on any atom is 0.251 e. The third kappa shape index (κ3) is 4.72. The molecule has 0 aliphatic carbocycles. The minimum Gasteiger partial charge on any atom is -0.395 e. The van der Waals surface area contributed by atoms with Crippen molar-refractivity contribution in [2.75, 3.05) is 50.8 Å². The fourth-order valence-corrected chi connectivity index (χ4v) is 5.11. The summed E-state index contributed by atoms with van der Waals surface area (Å²) in [5.41, 5.74) is 6.45. The van der Waals surface area contributed by atoms with E-state index in [0.29, 0.717) is 5.56 Å². The van der Waals surface area contributed by atoms with E-state index in [4.69, 9.17) is 5.11 Å². The lowest BCUT2D eigenvalue weighted by molar-refractivity contribution is 0.0944. The SMILES string of the molecule is O=C(NCCO)c1ccc2c(c1)CCCN2CCN1CC=C(c2c[nH]c3cc(F)ccc23)CC1. The molecule has 1 aromatic heterocycles. The molecule has 178 valence electrons. The van der Waals surface area contributed by atoms with E-state index < -0.39 is 0 Å². The molecule has 3 aromatic rings. The van der Waals surface area contributed by atoms with Gasteiger partial charge in [0, 0.05) is 73.2 Å². The Bertz CT molecular complexity index is 1220. The molecule has 2 aromatic carbocycles. The smallest absolute Gasteiger partial charge is 0.251 e. The fraction of sp³-hybridized carbons (Fsp3) is 0.370. The highest BCUT2D eigenvalue weighted by Crippen LogP contribution is 2.31. The van der Waals surface area contributed by atoms with Crippen LogP contribution in [-0.2, 0) is 6.42 Å². The van der Waals surface area contributed by atoms with Crippen LogP contribution in [0.15, 0.2) is 48.7 Å². The van der Waals surface area contributed by atoms with E-state index in [1.54, 1.807) is 6.07 Å². The number of anilines is 1. The number of aromatic amines is 1. The van der Waals surface area contributed by atoms with Crippen LogP contribution in [0, 0.1) is 5.82 Å². The quantitative estimate of drug-likeness (QED) is 0.502. The van der Waals surface area contributed by atoms with Crippen LogP contribution in [0.1, 0.15) is 34.3 Å². The first-order valence-corrected chi connectivity index (χ1v) is 12.1. The zero-order valence-electron chi connectivity index (χ0n) is 19.3. The van der Waals surface area contributed by atoms with E-state index in [2.05, 4.69) is 32.2 Å². The van der Waals surface area contributed by atoms with Crippen LogP contribution in [0.3, 0.4) is 0 Å². The number of aliphatic hydroxyl groups excluding tert-OH is 1. The number of carbonyl (C=O) groups excluding carboxylic acids is 1. The normalized spacial score (nSPS) is 16.4. The van der Waals surface area contributed by atoms with Crippen molar-refractivity contribution < 1.29 is 14.3 Å². The molecule has 0 atom stereocenters. The molecule has 0 spiro atoms. The number of H-pyrrole nitrogens is 1. The summed E-state index contributed by atoms with van der Waals surface area (Å²) in [6.07, 6.45) is 7.34. The van der Waals surface area contributed by atoms with Crippen molar-refractivity contribution in [3.05, 3.63) is 71.2 Å². The number of fused-ring (bicyclic) bond motifs is 2. The van der Waals surface area contributed by atoms with Gasteiger partial charge in [0.05, 0.1) is 6.61 Å². The number of hydrogen-bond acceptors (Lipinski definition) is 4. The molecule has 0 radical (unpaired) electrons. The molecule has 5 rings (SSSR count). The number of rotatable bonds is 7. The molecule has 7 heteroatoms. The van der Waals surface area contributed by atoms with Crippen molar-refractivity contribution >= 4 is 28.1 Å². The molecule has 0 bridgehead atoms. The van der Waals surface area contributed by atoms with Crippen LogP contribution in [0.25, 0.3) is 16.5 Å². The molecule has 0 saturated heterocycles. The number of aromatic nitrogens is 1. The molecular formula is C27H31FN4O2. The summed E-state index contributed by atoms with van der Waals surface area (Å²) < 4.78 is 13.5. The summed E-state index contributed by atoms with van der Waals surface area (Å²) >= 11 is 0. The standard InChI is InChI=1S/C27H31FN4O2/c28-22-4-5-23-24(18-30-25(23)17-22)19-7-11-31(12-8-19)13-14-32-10-1-2-20-16-21(3-6-26(20)32)27(34)29-9-15-33/h3-7,16-18,30,33H,1-2,8-15H2,(H,29,34). The molecule has 2 aliphatic heterocycles. The van der Waals surface area contributed by atoms with Gasteiger partial charge >= 0.3 is 0 Å². The number of nitrogens with one attached hydrogen (secondary N) is 2. The molecule has 3 heterocycles. The van der Waals surface area contributed by atoms with Gasteiger partial charge in [-0.2, -0.15) is 0 Å². The molecule has 2 aliphatic rings. The summed E-state index contributed by atoms with van der Waals surface area (Å²) in [6, 6.07) is 10.9. The van der Waals surface area contributed by atoms with Crippen molar-refractivity contribution in [1.82, 2.24) is 15.2 Å². The predicted octanol–water partition coefficient (Wildman–Crippen LogP) is 3.57. The number of halogens is 1. The topological polar surface area (TPSA) is 71.6 Å². The Morgan fingerprint density at radius 3 is 2.85 bits per heavy atom. The maximum atomic E-state index is 13.5. The second kappa shape index (κ2) is 9.99. The Balaban J connectivity index is 1.20. The zero-order chi connectivity index (χ0) is 23.5. The van der Waals surface area contributed by atoms with E-state index in [9.17, 15) is 9.18 Å². The summed E-state index contributed by atoms with van der Waals surface area (Å²) in [4.78, 5) is 20.3. The summed E-state index contributed by atoms with van der Waals surface area (Å²) in [5, 5.41) is 12.7. The highest BCUT2D eigenvalue weighted by atomic mass is 19.1. The molecule has 0 fully saturated rings. The van der Waals surface area contributed by atoms with Gasteiger partial charge in [-0.3, -0.25) is 9.69 Å². The highest BCUT2D eigenvalue weighted by molar-refractivity contribution is 5.95. The van der Waals surface area contributed by atoms with Crippen molar-refractivity contribution in [3.8, 4) is 0 Å². The van der Waals surface area contributed by atoms with Gasteiger partial charge in [-0.05, 0) is 66.8 Å². The van der Waals surface area contributed by atoms with Crippen LogP contribution in [0.2, 0.25) is 0 Å². The second-order valence-electron chi connectivity index (χ2n) is 9.09. The van der Waals surface area contributed by atoms with Crippen LogP contribution in [0.5, 0.6) is 0 Å². The first-order valence-electron chi connectivity index (χ1n) is 12.1. The minimum absolute atomic E-state index is 0.0561. The number of amides is 1. The van der Waals surface area contributed by atoms with Crippen LogP contribution >= 0.6 is 0 Å². The van der Waals surface area contributed by atoms with E-state index in [1.165, 1.54) is 28.5 Å². The largest absolute Gasteiger partial charge is 0.395 e. The lowest BCUT2D eigenvalue weighted by Gasteiger charge is -2.34. The van der Waals surface area contributed by atoms with Crippen molar-refractivity contribution in [2.24, 2.45) is 0 Å². The number of hydrogen-bond donors (Lipinski definition) is 3. The number of carbonyl (C=O) groups is 1. The average Bonchev–Trinajstić information content (AvgIpc) is 3.29. The van der Waals surface area contributed by atoms with Crippen molar-refractivity contribution in [2.45, 2.75) is 19.3 Å². The predicted molar refractivity (Wildman–Crippen MR) is 134 cm³/mol. The lowest BCUT2D eigenvalue weighted by atomic mass is 9.98. The fourth-order valence-electron chi connectivity index (χ4n) is 5.11. The van der Waals surface area contributed by atoms with Gasteiger partial charge in [0.1, 0.15) is 5.82 Å². The highest BCUT2D eigenvalue weighted by Gasteiger charge is 2.21. The van der Waals surface area contributed by atoms with Gasteiger partial charge in [-0.15, -0.1) is 0 Å².